The van der Waals surface area contributed by atoms with Gasteiger partial charge >= 0.3 is 26.2 Å². The summed E-state index contributed by atoms with van der Waals surface area (Å²) in [5.74, 6) is 0.421. The molecule has 0 fully saturated rings. The summed E-state index contributed by atoms with van der Waals surface area (Å²) in [4.78, 5) is 0. The van der Waals surface area contributed by atoms with Gasteiger partial charge in [-0.1, -0.05) is 68.2 Å². The SMILES string of the molecule is C[Si](C)(C)Cc1c(C2C=Cc3ccccc32)[cH-]c2ccccc12.[Cl-].[Cl-].[Zr+3]. The molecule has 133 valence electrons. The number of allylic oxidation sites excluding steroid dienone is 1. The Morgan fingerprint density at radius 1 is 0.923 bits per heavy atom. The average molecular weight is 478 g/mol. The monoisotopic (exact) mass is 475 g/mol. The maximum Gasteiger partial charge on any atom is 3.00 e. The van der Waals surface area contributed by atoms with Gasteiger partial charge < -0.3 is 24.8 Å². The first-order chi connectivity index (χ1) is 11.0. The minimum Gasteiger partial charge on any atom is -1.00 e. The fourth-order valence-corrected chi connectivity index (χ4v) is 5.29. The van der Waals surface area contributed by atoms with Crippen molar-refractivity contribution < 1.29 is 51.0 Å². The van der Waals surface area contributed by atoms with Crippen molar-refractivity contribution in [1.82, 2.24) is 0 Å². The standard InChI is InChI=1S/C22H23Si.2ClH.Zr/c1-23(2,3)15-22-19-11-7-5-9-17(19)14-21(22)20-13-12-16-8-4-6-10-18(16)20;;;/h4-14,20H,15H2,1-3H3;2*1H;/q-1;;;+3/p-2. The van der Waals surface area contributed by atoms with Crippen LogP contribution in [0.4, 0.5) is 0 Å². The van der Waals surface area contributed by atoms with Crippen LogP contribution in [0.25, 0.3) is 16.8 Å². The molecule has 4 heteroatoms. The zero-order valence-corrected chi connectivity index (χ0v) is 20.4. The van der Waals surface area contributed by atoms with E-state index in [1.165, 1.54) is 33.5 Å². The van der Waals surface area contributed by atoms with Crippen molar-refractivity contribution in [3.63, 3.8) is 0 Å². The van der Waals surface area contributed by atoms with Crippen LogP contribution in [-0.2, 0) is 32.2 Å². The second kappa shape index (κ2) is 9.11. The van der Waals surface area contributed by atoms with E-state index in [-0.39, 0.29) is 51.0 Å². The molecule has 26 heavy (non-hydrogen) atoms. The summed E-state index contributed by atoms with van der Waals surface area (Å²) < 4.78 is 0. The number of fused-ring (bicyclic) bond motifs is 2. The van der Waals surface area contributed by atoms with Gasteiger partial charge in [0.1, 0.15) is 0 Å². The largest absolute Gasteiger partial charge is 3.00 e. The summed E-state index contributed by atoms with van der Waals surface area (Å²) in [5.41, 5.74) is 5.95. The molecular formula is C22H23Cl2SiZr. The molecule has 0 nitrogen and oxygen atoms in total. The summed E-state index contributed by atoms with van der Waals surface area (Å²) in [6, 6.07) is 21.4. The minimum atomic E-state index is -1.18. The first-order valence-electron chi connectivity index (χ1n) is 8.47. The molecule has 0 saturated carbocycles. The van der Waals surface area contributed by atoms with E-state index in [4.69, 9.17) is 0 Å². The molecule has 0 aliphatic heterocycles. The molecule has 4 rings (SSSR count). The molecule has 0 aromatic heterocycles. The van der Waals surface area contributed by atoms with Gasteiger partial charge in [-0.2, -0.15) is 5.56 Å². The van der Waals surface area contributed by atoms with E-state index in [0.717, 1.165) is 0 Å². The number of benzene rings is 2. The summed E-state index contributed by atoms with van der Waals surface area (Å²) in [5, 5.41) is 2.86. The number of rotatable bonds is 3. The van der Waals surface area contributed by atoms with E-state index in [0.29, 0.717) is 5.92 Å². The van der Waals surface area contributed by atoms with Crippen LogP contribution in [-0.4, -0.2) is 8.07 Å². The van der Waals surface area contributed by atoms with Gasteiger partial charge in [0.05, 0.1) is 0 Å². The molecule has 0 spiro atoms. The van der Waals surface area contributed by atoms with E-state index < -0.39 is 8.07 Å². The molecule has 0 N–H and O–H groups in total. The third-order valence-electron chi connectivity index (χ3n) is 4.79. The molecule has 1 radical (unpaired) electrons. The van der Waals surface area contributed by atoms with Gasteiger partial charge in [-0.3, -0.25) is 0 Å². The van der Waals surface area contributed by atoms with Crippen molar-refractivity contribution >= 4 is 24.9 Å². The maximum absolute atomic E-state index is 2.47. The normalized spacial score (nSPS) is 15.0. The molecule has 3 aromatic carbocycles. The third-order valence-corrected chi connectivity index (χ3v) is 6.20. The summed E-state index contributed by atoms with van der Waals surface area (Å²) >= 11 is 0. The van der Waals surface area contributed by atoms with Crippen molar-refractivity contribution in [2.45, 2.75) is 31.6 Å². The quantitative estimate of drug-likeness (QED) is 0.372. The summed E-state index contributed by atoms with van der Waals surface area (Å²) in [7, 11) is -1.18. The van der Waals surface area contributed by atoms with Gasteiger partial charge in [0, 0.05) is 14.0 Å². The van der Waals surface area contributed by atoms with E-state index in [1.54, 1.807) is 5.56 Å². The zero-order valence-electron chi connectivity index (χ0n) is 15.4. The first kappa shape index (κ1) is 23.5. The van der Waals surface area contributed by atoms with Crippen LogP contribution in [0.5, 0.6) is 0 Å². The van der Waals surface area contributed by atoms with Crippen LogP contribution < -0.4 is 24.8 Å². The van der Waals surface area contributed by atoms with Gasteiger partial charge in [-0.15, -0.1) is 40.6 Å². The van der Waals surface area contributed by atoms with Gasteiger partial charge in [-0.25, -0.2) is 0 Å². The Labute approximate surface area is 189 Å². The first-order valence-corrected chi connectivity index (χ1v) is 12.2. The molecule has 1 aliphatic rings. The summed E-state index contributed by atoms with van der Waals surface area (Å²) in [6.07, 6.45) is 4.67. The van der Waals surface area contributed by atoms with E-state index in [1.807, 2.05) is 0 Å². The molecule has 0 saturated heterocycles. The molecule has 3 aromatic rings. The van der Waals surface area contributed by atoms with Crippen LogP contribution in [0.1, 0.15) is 28.2 Å². The van der Waals surface area contributed by atoms with Crippen molar-refractivity contribution in [1.29, 1.82) is 0 Å². The van der Waals surface area contributed by atoms with Gasteiger partial charge in [-0.05, 0) is 11.1 Å². The Hall–Kier alpha value is -0.530. The zero-order chi connectivity index (χ0) is 16.0. The predicted molar refractivity (Wildman–Crippen MR) is 104 cm³/mol. The molecule has 0 amide bonds. The van der Waals surface area contributed by atoms with Crippen molar-refractivity contribution in [3.8, 4) is 0 Å². The average Bonchev–Trinajstić information content (AvgIpc) is 3.08. The Morgan fingerprint density at radius 3 is 2.31 bits per heavy atom. The smallest absolute Gasteiger partial charge is 1.00 e. The van der Waals surface area contributed by atoms with E-state index in [2.05, 4.69) is 86.4 Å². The predicted octanol–water partition coefficient (Wildman–Crippen LogP) is 0.143. The van der Waals surface area contributed by atoms with Gasteiger partial charge in [0.15, 0.2) is 0 Å². The van der Waals surface area contributed by atoms with Gasteiger partial charge in [0.2, 0.25) is 0 Å². The Bertz CT molecular complexity index is 906. The second-order valence-corrected chi connectivity index (χ2v) is 13.3. The maximum atomic E-state index is 2.47. The Morgan fingerprint density at radius 2 is 1.58 bits per heavy atom. The number of hydrogen-bond donors (Lipinski definition) is 0. The second-order valence-electron chi connectivity index (χ2n) is 7.87. The van der Waals surface area contributed by atoms with Crippen LogP contribution in [0.3, 0.4) is 0 Å². The number of halogens is 2. The Kier molecular flexibility index (Phi) is 8.24. The van der Waals surface area contributed by atoms with Crippen molar-refractivity contribution in [2.24, 2.45) is 0 Å². The molecule has 0 bridgehead atoms. The fourth-order valence-electron chi connectivity index (χ4n) is 3.83. The molecule has 1 unspecified atom stereocenters. The fraction of sp³-hybridized carbons (Fsp3) is 0.227. The van der Waals surface area contributed by atoms with Crippen molar-refractivity contribution in [2.75, 3.05) is 0 Å². The molecule has 1 atom stereocenters. The summed E-state index contributed by atoms with van der Waals surface area (Å²) in [6.45, 7) is 7.41. The molecular weight excluding hydrogens is 454 g/mol. The van der Waals surface area contributed by atoms with Crippen LogP contribution in [0.2, 0.25) is 19.6 Å². The van der Waals surface area contributed by atoms with E-state index in [9.17, 15) is 0 Å². The Balaban J connectivity index is 0.00000113. The number of hydrogen-bond acceptors (Lipinski definition) is 0. The molecule has 0 heterocycles. The third kappa shape index (κ3) is 4.47. The van der Waals surface area contributed by atoms with Gasteiger partial charge in [0.25, 0.3) is 0 Å². The topological polar surface area (TPSA) is 0 Å². The van der Waals surface area contributed by atoms with Crippen LogP contribution in [0, 0.1) is 0 Å². The van der Waals surface area contributed by atoms with E-state index >= 15 is 0 Å². The molecule has 1 aliphatic carbocycles. The van der Waals surface area contributed by atoms with Crippen LogP contribution >= 0.6 is 0 Å². The minimum absolute atomic E-state index is 0. The van der Waals surface area contributed by atoms with Crippen molar-refractivity contribution in [3.05, 3.63) is 82.9 Å². The van der Waals surface area contributed by atoms with Crippen LogP contribution in [0.15, 0.2) is 60.7 Å².